The Balaban J connectivity index is 2.54. The number of benzene rings is 1. The van der Waals surface area contributed by atoms with Gasteiger partial charge in [0.15, 0.2) is 0 Å². The van der Waals surface area contributed by atoms with Crippen LogP contribution in [0.3, 0.4) is 0 Å². The lowest BCUT2D eigenvalue weighted by Gasteiger charge is -2.40. The minimum atomic E-state index is -1.22. The first kappa shape index (κ1) is 17.5. The van der Waals surface area contributed by atoms with Crippen LogP contribution in [0.25, 0.3) is 0 Å². The third kappa shape index (κ3) is 2.87. The molecule has 0 radical (unpaired) electrons. The lowest BCUT2D eigenvalue weighted by Crippen LogP contribution is -2.55. The monoisotopic (exact) mass is 318 g/mol. The highest BCUT2D eigenvalue weighted by molar-refractivity contribution is 6.04. The number of para-hydroxylation sites is 1. The molecule has 0 saturated carbocycles. The number of hydrogen-bond donors (Lipinski definition) is 0. The molecule has 1 aromatic carbocycles. The van der Waals surface area contributed by atoms with Crippen LogP contribution in [0.5, 0.6) is 5.75 Å². The molecule has 0 aromatic heterocycles. The lowest BCUT2D eigenvalue weighted by atomic mass is 9.65. The second kappa shape index (κ2) is 7.16. The standard InChI is InChI=1S/C19H26O4/c1-4-12-18(13-5-2)16(20)22-17(21)19(18,14-6-3)23-15-10-8-7-9-11-15/h7-11H,4-6,12-14H2,1-3H3. The Morgan fingerprint density at radius 2 is 1.43 bits per heavy atom. The smallest absolute Gasteiger partial charge is 0.359 e. The number of rotatable bonds is 8. The van der Waals surface area contributed by atoms with E-state index in [0.29, 0.717) is 25.0 Å². The van der Waals surface area contributed by atoms with Crippen LogP contribution < -0.4 is 4.74 Å². The Hall–Kier alpha value is -1.84. The number of hydrogen-bond acceptors (Lipinski definition) is 4. The highest BCUT2D eigenvalue weighted by Crippen LogP contribution is 2.51. The van der Waals surface area contributed by atoms with E-state index in [1.165, 1.54) is 0 Å². The quantitative estimate of drug-likeness (QED) is 0.530. The SMILES string of the molecule is CCCC1(CCC)C(=O)OC(=O)C1(CCC)Oc1ccccc1. The van der Waals surface area contributed by atoms with Crippen molar-refractivity contribution in [1.29, 1.82) is 0 Å². The summed E-state index contributed by atoms with van der Waals surface area (Å²) in [5, 5.41) is 0. The molecule has 1 aliphatic rings. The molecule has 0 N–H and O–H groups in total. The van der Waals surface area contributed by atoms with Crippen LogP contribution in [-0.2, 0) is 14.3 Å². The molecule has 4 nitrogen and oxygen atoms in total. The molecule has 1 unspecified atom stereocenters. The second-order valence-corrected chi connectivity index (χ2v) is 6.25. The minimum Gasteiger partial charge on any atom is -0.474 e. The Bertz CT molecular complexity index is 546. The summed E-state index contributed by atoms with van der Waals surface area (Å²) in [6.45, 7) is 6.04. The first-order valence-corrected chi connectivity index (χ1v) is 8.57. The lowest BCUT2D eigenvalue weighted by molar-refractivity contribution is -0.157. The molecule has 0 spiro atoms. The van der Waals surface area contributed by atoms with E-state index >= 15 is 0 Å². The van der Waals surface area contributed by atoms with E-state index in [9.17, 15) is 9.59 Å². The summed E-state index contributed by atoms with van der Waals surface area (Å²) < 4.78 is 11.3. The van der Waals surface area contributed by atoms with Crippen molar-refractivity contribution in [1.82, 2.24) is 0 Å². The topological polar surface area (TPSA) is 52.6 Å². The largest absolute Gasteiger partial charge is 0.474 e. The molecule has 23 heavy (non-hydrogen) atoms. The van der Waals surface area contributed by atoms with Gasteiger partial charge in [-0.3, -0.25) is 4.79 Å². The first-order valence-electron chi connectivity index (χ1n) is 8.57. The normalized spacial score (nSPS) is 22.9. The summed E-state index contributed by atoms with van der Waals surface area (Å²) in [5.74, 6) is -0.352. The van der Waals surface area contributed by atoms with Crippen molar-refractivity contribution in [3.05, 3.63) is 30.3 Å². The third-order valence-corrected chi connectivity index (χ3v) is 4.67. The van der Waals surface area contributed by atoms with Crippen molar-refractivity contribution in [2.24, 2.45) is 5.41 Å². The van der Waals surface area contributed by atoms with Gasteiger partial charge in [0, 0.05) is 0 Å². The van der Waals surface area contributed by atoms with Crippen molar-refractivity contribution in [2.75, 3.05) is 0 Å². The van der Waals surface area contributed by atoms with Crippen molar-refractivity contribution in [3.63, 3.8) is 0 Å². The maximum atomic E-state index is 12.7. The maximum Gasteiger partial charge on any atom is 0.359 e. The van der Waals surface area contributed by atoms with E-state index < -0.39 is 23.0 Å². The predicted molar refractivity (Wildman–Crippen MR) is 88.1 cm³/mol. The zero-order valence-electron chi connectivity index (χ0n) is 14.3. The van der Waals surface area contributed by atoms with Gasteiger partial charge in [-0.15, -0.1) is 0 Å². The number of cyclic esters (lactones) is 2. The van der Waals surface area contributed by atoms with Gasteiger partial charge in [-0.05, 0) is 31.4 Å². The average molecular weight is 318 g/mol. The maximum absolute atomic E-state index is 12.7. The molecule has 1 heterocycles. The molecule has 1 fully saturated rings. The van der Waals surface area contributed by atoms with Crippen LogP contribution in [0.4, 0.5) is 0 Å². The highest BCUT2D eigenvalue weighted by atomic mass is 16.6. The molecule has 0 bridgehead atoms. The summed E-state index contributed by atoms with van der Waals surface area (Å²) >= 11 is 0. The van der Waals surface area contributed by atoms with Gasteiger partial charge in [-0.1, -0.05) is 58.2 Å². The van der Waals surface area contributed by atoms with Gasteiger partial charge in [0.1, 0.15) is 11.2 Å². The van der Waals surface area contributed by atoms with Crippen molar-refractivity contribution >= 4 is 11.9 Å². The van der Waals surface area contributed by atoms with E-state index in [-0.39, 0.29) is 0 Å². The molecule has 4 heteroatoms. The number of carbonyl (C=O) groups excluding carboxylic acids is 2. The fraction of sp³-hybridized carbons (Fsp3) is 0.579. The Morgan fingerprint density at radius 1 is 0.870 bits per heavy atom. The van der Waals surface area contributed by atoms with E-state index in [2.05, 4.69) is 0 Å². The molecule has 1 saturated heterocycles. The minimum absolute atomic E-state index is 0.421. The Morgan fingerprint density at radius 3 is 1.96 bits per heavy atom. The van der Waals surface area contributed by atoms with Gasteiger partial charge in [0.05, 0.1) is 0 Å². The summed E-state index contributed by atoms with van der Waals surface area (Å²) in [5.41, 5.74) is -2.11. The summed E-state index contributed by atoms with van der Waals surface area (Å²) in [6.07, 6.45) is 4.01. The molecule has 2 rings (SSSR count). The van der Waals surface area contributed by atoms with Gasteiger partial charge < -0.3 is 9.47 Å². The van der Waals surface area contributed by atoms with Crippen LogP contribution in [0, 0.1) is 5.41 Å². The van der Waals surface area contributed by atoms with Crippen molar-refractivity contribution in [3.8, 4) is 5.75 Å². The predicted octanol–water partition coefficient (Wildman–Crippen LogP) is 4.27. The first-order chi connectivity index (χ1) is 11.1. The van der Waals surface area contributed by atoms with Gasteiger partial charge in [-0.2, -0.15) is 0 Å². The molecule has 1 atom stereocenters. The Labute approximate surface area is 138 Å². The average Bonchev–Trinajstić information content (AvgIpc) is 2.72. The third-order valence-electron chi connectivity index (χ3n) is 4.67. The van der Waals surface area contributed by atoms with Crippen LogP contribution in [0.15, 0.2) is 30.3 Å². The van der Waals surface area contributed by atoms with Crippen LogP contribution in [0.1, 0.15) is 59.3 Å². The van der Waals surface area contributed by atoms with E-state index in [1.807, 2.05) is 51.1 Å². The molecular formula is C19H26O4. The van der Waals surface area contributed by atoms with Crippen LogP contribution in [0.2, 0.25) is 0 Å². The highest BCUT2D eigenvalue weighted by Gasteiger charge is 2.69. The summed E-state index contributed by atoms with van der Waals surface area (Å²) in [6, 6.07) is 9.24. The number of carbonyl (C=O) groups is 2. The van der Waals surface area contributed by atoms with Gasteiger partial charge in [0.2, 0.25) is 5.60 Å². The number of esters is 2. The summed E-state index contributed by atoms with van der Waals surface area (Å²) in [4.78, 5) is 25.3. The van der Waals surface area contributed by atoms with Gasteiger partial charge in [0.25, 0.3) is 0 Å². The van der Waals surface area contributed by atoms with Gasteiger partial charge in [-0.25, -0.2) is 4.79 Å². The van der Waals surface area contributed by atoms with Crippen LogP contribution >= 0.6 is 0 Å². The van der Waals surface area contributed by atoms with Crippen LogP contribution in [-0.4, -0.2) is 17.5 Å². The Kier molecular flexibility index (Phi) is 5.45. The molecule has 1 aliphatic heterocycles. The molecular weight excluding hydrogens is 292 g/mol. The van der Waals surface area contributed by atoms with E-state index in [0.717, 1.165) is 19.3 Å². The molecule has 1 aromatic rings. The zero-order chi connectivity index (χ0) is 16.9. The fourth-order valence-corrected chi connectivity index (χ4v) is 3.78. The van der Waals surface area contributed by atoms with E-state index in [1.54, 1.807) is 0 Å². The fourth-order valence-electron chi connectivity index (χ4n) is 3.78. The number of ether oxygens (including phenoxy) is 2. The van der Waals surface area contributed by atoms with Crippen molar-refractivity contribution in [2.45, 2.75) is 64.9 Å². The second-order valence-electron chi connectivity index (χ2n) is 6.25. The zero-order valence-corrected chi connectivity index (χ0v) is 14.3. The van der Waals surface area contributed by atoms with Crippen molar-refractivity contribution < 1.29 is 19.1 Å². The molecule has 126 valence electrons. The van der Waals surface area contributed by atoms with E-state index in [4.69, 9.17) is 9.47 Å². The molecule has 0 aliphatic carbocycles. The summed E-state index contributed by atoms with van der Waals surface area (Å²) in [7, 11) is 0. The molecule has 0 amide bonds. The van der Waals surface area contributed by atoms with Gasteiger partial charge >= 0.3 is 11.9 Å².